The Bertz CT molecular complexity index is 367. The molecule has 0 spiro atoms. The van der Waals surface area contributed by atoms with E-state index in [4.69, 9.17) is 9.72 Å². The molecule has 17 heavy (non-hydrogen) atoms. The van der Waals surface area contributed by atoms with Gasteiger partial charge in [0.25, 0.3) is 0 Å². The van der Waals surface area contributed by atoms with Gasteiger partial charge in [0, 0.05) is 11.5 Å². The van der Waals surface area contributed by atoms with Crippen LogP contribution >= 0.6 is 11.3 Å². The molecule has 2 heterocycles. The van der Waals surface area contributed by atoms with Crippen LogP contribution < -0.4 is 5.32 Å². The lowest BCUT2D eigenvalue weighted by molar-refractivity contribution is -0.0202. The number of aryl methyl sites for hydroxylation is 2. The molecule has 0 saturated carbocycles. The predicted molar refractivity (Wildman–Crippen MR) is 71.6 cm³/mol. The van der Waals surface area contributed by atoms with Crippen molar-refractivity contribution in [1.82, 2.24) is 10.3 Å². The molecule has 1 aromatic heterocycles. The Kier molecular flexibility index (Phi) is 3.85. The van der Waals surface area contributed by atoms with Crippen LogP contribution in [0.4, 0.5) is 0 Å². The van der Waals surface area contributed by atoms with E-state index in [2.05, 4.69) is 33.0 Å². The lowest BCUT2D eigenvalue weighted by Crippen LogP contribution is -2.48. The summed E-state index contributed by atoms with van der Waals surface area (Å²) in [6.45, 7) is 10.4. The van der Waals surface area contributed by atoms with Crippen molar-refractivity contribution in [3.8, 4) is 0 Å². The van der Waals surface area contributed by atoms with Gasteiger partial charge in [-0.15, -0.1) is 11.3 Å². The monoisotopic (exact) mass is 254 g/mol. The fraction of sp³-hybridized carbons (Fsp3) is 0.769. The van der Waals surface area contributed by atoms with Gasteiger partial charge in [-0.2, -0.15) is 0 Å². The fourth-order valence-electron chi connectivity index (χ4n) is 2.53. The van der Waals surface area contributed by atoms with Crippen molar-refractivity contribution in [2.45, 2.75) is 52.2 Å². The molecule has 0 bridgehead atoms. The molecular weight excluding hydrogens is 232 g/mol. The van der Waals surface area contributed by atoms with Crippen molar-refractivity contribution in [1.29, 1.82) is 0 Å². The van der Waals surface area contributed by atoms with Crippen molar-refractivity contribution in [3.63, 3.8) is 0 Å². The quantitative estimate of drug-likeness (QED) is 0.900. The van der Waals surface area contributed by atoms with Crippen LogP contribution in [0.15, 0.2) is 0 Å². The fourth-order valence-corrected chi connectivity index (χ4v) is 3.65. The van der Waals surface area contributed by atoms with Crippen LogP contribution in [0.2, 0.25) is 0 Å². The Morgan fingerprint density at radius 1 is 1.53 bits per heavy atom. The van der Waals surface area contributed by atoms with E-state index in [0.29, 0.717) is 6.10 Å². The highest BCUT2D eigenvalue weighted by atomic mass is 32.1. The van der Waals surface area contributed by atoms with Gasteiger partial charge in [0.15, 0.2) is 0 Å². The summed E-state index contributed by atoms with van der Waals surface area (Å²) in [6.07, 6.45) is 2.36. The van der Waals surface area contributed by atoms with Crippen molar-refractivity contribution in [3.05, 3.63) is 15.6 Å². The number of nitrogens with zero attached hydrogens (tertiary/aromatic N) is 1. The van der Waals surface area contributed by atoms with E-state index in [1.165, 1.54) is 15.6 Å². The molecule has 1 aliphatic heterocycles. The van der Waals surface area contributed by atoms with Crippen LogP contribution in [0.25, 0.3) is 0 Å². The summed E-state index contributed by atoms with van der Waals surface area (Å²) in [5.41, 5.74) is 1.21. The van der Waals surface area contributed by atoms with E-state index < -0.39 is 0 Å². The molecule has 0 radical (unpaired) electrons. The van der Waals surface area contributed by atoms with Crippen LogP contribution in [0.3, 0.4) is 0 Å². The van der Waals surface area contributed by atoms with Crippen molar-refractivity contribution in [2.75, 3.05) is 13.2 Å². The molecule has 1 aromatic rings. The van der Waals surface area contributed by atoms with Gasteiger partial charge in [-0.05, 0) is 40.2 Å². The lowest BCUT2D eigenvalue weighted by Gasteiger charge is -2.39. The molecule has 2 atom stereocenters. The molecule has 1 N–H and O–H groups in total. The molecule has 4 heteroatoms. The van der Waals surface area contributed by atoms with Crippen LogP contribution in [0, 0.1) is 13.8 Å². The van der Waals surface area contributed by atoms with E-state index in [0.717, 1.165) is 26.0 Å². The molecule has 1 saturated heterocycles. The van der Waals surface area contributed by atoms with Gasteiger partial charge in [0.1, 0.15) is 5.01 Å². The van der Waals surface area contributed by atoms with Crippen molar-refractivity contribution < 1.29 is 4.74 Å². The predicted octanol–water partition coefficient (Wildman–Crippen LogP) is 2.76. The first-order chi connectivity index (χ1) is 8.07. The summed E-state index contributed by atoms with van der Waals surface area (Å²) in [4.78, 5) is 6.09. The van der Waals surface area contributed by atoms with Crippen LogP contribution in [0.1, 0.15) is 42.3 Å². The summed E-state index contributed by atoms with van der Waals surface area (Å²) >= 11 is 1.83. The van der Waals surface area contributed by atoms with Gasteiger partial charge < -0.3 is 10.1 Å². The molecular formula is C13H22N2OS. The molecule has 1 aliphatic rings. The molecule has 2 rings (SSSR count). The largest absolute Gasteiger partial charge is 0.378 e. The summed E-state index contributed by atoms with van der Waals surface area (Å²) in [7, 11) is 0. The molecule has 0 aliphatic carbocycles. The van der Waals surface area contributed by atoms with E-state index in [1.807, 2.05) is 11.3 Å². The van der Waals surface area contributed by atoms with Crippen molar-refractivity contribution in [2.24, 2.45) is 0 Å². The van der Waals surface area contributed by atoms with E-state index in [9.17, 15) is 0 Å². The van der Waals surface area contributed by atoms with Gasteiger partial charge in [-0.3, -0.25) is 0 Å². The minimum atomic E-state index is 0.0378. The van der Waals surface area contributed by atoms with Gasteiger partial charge in [-0.1, -0.05) is 6.92 Å². The Hall–Kier alpha value is -0.450. The summed E-state index contributed by atoms with van der Waals surface area (Å²) in [6, 6.07) is 0. The number of nitrogens with one attached hydrogen (secondary N) is 1. The highest BCUT2D eigenvalue weighted by Crippen LogP contribution is 2.37. The van der Waals surface area contributed by atoms with E-state index in [1.54, 1.807) is 0 Å². The first kappa shape index (κ1) is 13.0. The molecule has 2 unspecified atom stereocenters. The molecule has 96 valence electrons. The zero-order valence-electron chi connectivity index (χ0n) is 11.2. The van der Waals surface area contributed by atoms with Gasteiger partial charge in [0.05, 0.1) is 17.3 Å². The second-order valence-electron chi connectivity index (χ2n) is 4.91. The van der Waals surface area contributed by atoms with E-state index in [-0.39, 0.29) is 5.54 Å². The zero-order valence-corrected chi connectivity index (χ0v) is 12.0. The van der Waals surface area contributed by atoms with E-state index >= 15 is 0 Å². The maximum atomic E-state index is 5.67. The summed E-state index contributed by atoms with van der Waals surface area (Å²) < 4.78 is 5.67. The van der Waals surface area contributed by atoms with Crippen molar-refractivity contribution >= 4 is 11.3 Å². The third kappa shape index (κ3) is 2.54. The lowest BCUT2D eigenvalue weighted by atomic mass is 9.87. The van der Waals surface area contributed by atoms with Crippen LogP contribution in [-0.2, 0) is 10.3 Å². The Morgan fingerprint density at radius 2 is 2.29 bits per heavy atom. The molecule has 0 aromatic carbocycles. The number of hydrogen-bond donors (Lipinski definition) is 1. The highest BCUT2D eigenvalue weighted by Gasteiger charge is 2.39. The molecule has 0 amide bonds. The maximum Gasteiger partial charge on any atom is 0.113 e. The number of thiazole rings is 1. The van der Waals surface area contributed by atoms with Gasteiger partial charge >= 0.3 is 0 Å². The second-order valence-corrected chi connectivity index (χ2v) is 6.11. The third-order valence-electron chi connectivity index (χ3n) is 3.52. The Morgan fingerprint density at radius 3 is 2.82 bits per heavy atom. The Labute approximate surface area is 108 Å². The number of rotatable bonds is 3. The zero-order chi connectivity index (χ0) is 12.5. The minimum Gasteiger partial charge on any atom is -0.378 e. The standard InChI is InChI=1S/C13H22N2OS/c1-5-14-13(6-7-16-9(2)8-13)12-15-10(3)11(4)17-12/h9,14H,5-8H2,1-4H3. The smallest absolute Gasteiger partial charge is 0.113 e. The van der Waals surface area contributed by atoms with Crippen LogP contribution in [0.5, 0.6) is 0 Å². The summed E-state index contributed by atoms with van der Waals surface area (Å²) in [5, 5.41) is 4.89. The highest BCUT2D eigenvalue weighted by molar-refractivity contribution is 7.11. The average Bonchev–Trinajstić information content (AvgIpc) is 2.60. The first-order valence-corrected chi connectivity index (χ1v) is 7.20. The second kappa shape index (κ2) is 5.04. The minimum absolute atomic E-state index is 0.0378. The van der Waals surface area contributed by atoms with Gasteiger partial charge in [0.2, 0.25) is 0 Å². The SMILES string of the molecule is CCNC1(c2nc(C)c(C)s2)CCOC(C)C1. The molecule has 3 nitrogen and oxygen atoms in total. The summed E-state index contributed by atoms with van der Waals surface area (Å²) in [5.74, 6) is 0. The third-order valence-corrected chi connectivity index (χ3v) is 4.80. The normalized spacial score (nSPS) is 29.5. The Balaban J connectivity index is 2.32. The molecule has 1 fully saturated rings. The van der Waals surface area contributed by atoms with Crippen LogP contribution in [-0.4, -0.2) is 24.2 Å². The first-order valence-electron chi connectivity index (χ1n) is 6.38. The number of hydrogen-bond acceptors (Lipinski definition) is 4. The average molecular weight is 254 g/mol. The maximum absolute atomic E-state index is 5.67. The number of aromatic nitrogens is 1. The number of ether oxygens (including phenoxy) is 1. The topological polar surface area (TPSA) is 34.2 Å². The van der Waals surface area contributed by atoms with Gasteiger partial charge in [-0.25, -0.2) is 4.98 Å².